The average molecular weight is 390 g/mol. The van der Waals surface area contributed by atoms with E-state index in [4.69, 9.17) is 4.42 Å². The van der Waals surface area contributed by atoms with Crippen LogP contribution in [0.1, 0.15) is 40.5 Å². The molecule has 1 aromatic heterocycles. The lowest BCUT2D eigenvalue weighted by Crippen LogP contribution is -2.42. The fourth-order valence-corrected chi connectivity index (χ4v) is 4.03. The molecule has 3 rings (SSSR count). The maximum Gasteiger partial charge on any atom is 0.257 e. The number of sulfone groups is 1. The number of anilines is 1. The van der Waals surface area contributed by atoms with Crippen molar-refractivity contribution < 1.29 is 22.4 Å². The normalized spacial score (nSPS) is 15.6. The van der Waals surface area contributed by atoms with Crippen LogP contribution in [0.2, 0.25) is 0 Å². The number of carbonyl (C=O) groups excluding carboxylic acids is 2. The Bertz CT molecular complexity index is 942. The molecule has 0 unspecified atom stereocenters. The lowest BCUT2D eigenvalue weighted by molar-refractivity contribution is 0.0717. The number of amides is 1. The zero-order valence-corrected chi connectivity index (χ0v) is 16.1. The minimum absolute atomic E-state index is 0.0149. The molecular formula is C19H22N2O5S. The first-order chi connectivity index (χ1) is 12.8. The largest absolute Gasteiger partial charge is 0.472 e. The number of piperidine rings is 1. The fourth-order valence-electron chi connectivity index (χ4n) is 3.20. The van der Waals surface area contributed by atoms with Gasteiger partial charge in [0.05, 0.1) is 22.4 Å². The molecule has 1 aliphatic rings. The number of ketones is 1. The van der Waals surface area contributed by atoms with Gasteiger partial charge in [-0.05, 0) is 44.0 Å². The second kappa shape index (κ2) is 7.56. The first-order valence-electron chi connectivity index (χ1n) is 8.69. The van der Waals surface area contributed by atoms with Crippen molar-refractivity contribution in [2.45, 2.75) is 30.7 Å². The van der Waals surface area contributed by atoms with Crippen LogP contribution in [0.5, 0.6) is 0 Å². The van der Waals surface area contributed by atoms with Gasteiger partial charge in [0.2, 0.25) is 0 Å². The molecule has 8 heteroatoms. The number of likely N-dealkylation sites (tertiary alicyclic amines) is 1. The van der Waals surface area contributed by atoms with E-state index >= 15 is 0 Å². The number of hydrogen-bond donors (Lipinski definition) is 1. The monoisotopic (exact) mass is 390 g/mol. The summed E-state index contributed by atoms with van der Waals surface area (Å²) in [6.07, 6.45) is 5.40. The molecule has 0 radical (unpaired) electrons. The average Bonchev–Trinajstić information content (AvgIpc) is 3.15. The van der Waals surface area contributed by atoms with E-state index in [1.807, 2.05) is 0 Å². The van der Waals surface area contributed by atoms with Gasteiger partial charge in [-0.15, -0.1) is 0 Å². The maximum absolute atomic E-state index is 12.4. The van der Waals surface area contributed by atoms with Crippen LogP contribution in [0, 0.1) is 0 Å². The van der Waals surface area contributed by atoms with Gasteiger partial charge in [-0.1, -0.05) is 0 Å². The Balaban J connectivity index is 1.72. The lowest BCUT2D eigenvalue weighted by atomic mass is 10.0. The fraction of sp³-hybridized carbons (Fsp3) is 0.368. The van der Waals surface area contributed by atoms with E-state index in [9.17, 15) is 18.0 Å². The van der Waals surface area contributed by atoms with Crippen LogP contribution >= 0.6 is 0 Å². The van der Waals surface area contributed by atoms with Crippen molar-refractivity contribution in [3.63, 3.8) is 0 Å². The van der Waals surface area contributed by atoms with E-state index < -0.39 is 9.84 Å². The zero-order chi connectivity index (χ0) is 19.6. The smallest absolute Gasteiger partial charge is 0.257 e. The minimum atomic E-state index is -3.43. The molecule has 0 bridgehead atoms. The molecule has 1 aliphatic heterocycles. The second-order valence-corrected chi connectivity index (χ2v) is 8.75. The molecule has 0 aliphatic carbocycles. The number of nitrogens with zero attached hydrogens (tertiary/aromatic N) is 1. The second-order valence-electron chi connectivity index (χ2n) is 6.76. The zero-order valence-electron chi connectivity index (χ0n) is 15.3. The lowest BCUT2D eigenvalue weighted by Gasteiger charge is -2.33. The molecule has 1 fully saturated rings. The van der Waals surface area contributed by atoms with Crippen molar-refractivity contribution in [1.82, 2.24) is 4.90 Å². The summed E-state index contributed by atoms with van der Waals surface area (Å²) in [6.45, 7) is 2.56. The molecular weight excluding hydrogens is 368 g/mol. The summed E-state index contributed by atoms with van der Waals surface area (Å²) in [7, 11) is -3.43. The van der Waals surface area contributed by atoms with Crippen LogP contribution < -0.4 is 5.32 Å². The van der Waals surface area contributed by atoms with E-state index in [0.717, 1.165) is 6.26 Å². The molecule has 0 atom stereocenters. The molecule has 0 saturated carbocycles. The summed E-state index contributed by atoms with van der Waals surface area (Å²) in [5.41, 5.74) is 1.41. The van der Waals surface area contributed by atoms with Crippen LogP contribution in [0.4, 0.5) is 5.69 Å². The van der Waals surface area contributed by atoms with Crippen LogP contribution in [0.15, 0.2) is 46.1 Å². The standard InChI is InChI=1S/C19H22N2O5S/c1-13(22)14-3-4-18(27(2,24)25)17(11-14)20-16-5-8-21(9-6-16)19(23)15-7-10-26-12-15/h3-4,7,10-12,16,20H,5-6,8-9H2,1-2H3. The van der Waals surface area contributed by atoms with E-state index in [1.54, 1.807) is 17.0 Å². The van der Waals surface area contributed by atoms with E-state index in [2.05, 4.69) is 5.32 Å². The number of nitrogens with one attached hydrogen (secondary N) is 1. The molecule has 7 nitrogen and oxygen atoms in total. The number of Topliss-reactive ketones (excluding diaryl/α,β-unsaturated/α-hetero) is 1. The van der Waals surface area contributed by atoms with E-state index in [1.165, 1.54) is 31.6 Å². The van der Waals surface area contributed by atoms with Gasteiger partial charge in [0.25, 0.3) is 5.91 Å². The first-order valence-corrected chi connectivity index (χ1v) is 10.6. The van der Waals surface area contributed by atoms with Crippen molar-refractivity contribution in [2.75, 3.05) is 24.7 Å². The SMILES string of the molecule is CC(=O)c1ccc(S(C)(=O)=O)c(NC2CCN(C(=O)c3ccoc3)CC2)c1. The summed E-state index contributed by atoms with van der Waals surface area (Å²) < 4.78 is 29.1. The Kier molecular flexibility index (Phi) is 5.36. The predicted octanol–water partition coefficient (Wildman–Crippen LogP) is 2.60. The van der Waals surface area contributed by atoms with Gasteiger partial charge in [0.15, 0.2) is 15.6 Å². The van der Waals surface area contributed by atoms with Gasteiger partial charge in [0, 0.05) is 31.0 Å². The van der Waals surface area contributed by atoms with Crippen molar-refractivity contribution in [3.05, 3.63) is 47.9 Å². The molecule has 1 saturated heterocycles. The van der Waals surface area contributed by atoms with Crippen LogP contribution in [-0.2, 0) is 9.84 Å². The molecule has 2 aromatic rings. The molecule has 1 N–H and O–H groups in total. The topological polar surface area (TPSA) is 96.7 Å². The number of benzene rings is 1. The summed E-state index contributed by atoms with van der Waals surface area (Å²) in [4.78, 5) is 25.9. The Morgan fingerprint density at radius 2 is 1.85 bits per heavy atom. The van der Waals surface area contributed by atoms with E-state index in [0.29, 0.717) is 42.7 Å². The quantitative estimate of drug-likeness (QED) is 0.789. The number of furan rings is 1. The third-order valence-electron chi connectivity index (χ3n) is 4.70. The van der Waals surface area contributed by atoms with Gasteiger partial charge in [0.1, 0.15) is 6.26 Å². The van der Waals surface area contributed by atoms with Crippen molar-refractivity contribution >= 4 is 27.2 Å². The third-order valence-corrected chi connectivity index (χ3v) is 5.85. The van der Waals surface area contributed by atoms with Gasteiger partial charge >= 0.3 is 0 Å². The van der Waals surface area contributed by atoms with E-state index in [-0.39, 0.29) is 22.6 Å². The number of rotatable bonds is 5. The first kappa shape index (κ1) is 19.2. The van der Waals surface area contributed by atoms with Gasteiger partial charge in [-0.2, -0.15) is 0 Å². The van der Waals surface area contributed by atoms with Crippen LogP contribution in [0.25, 0.3) is 0 Å². The van der Waals surface area contributed by atoms with Gasteiger partial charge in [-0.25, -0.2) is 8.42 Å². The molecule has 27 heavy (non-hydrogen) atoms. The molecule has 1 amide bonds. The Hall–Kier alpha value is -2.61. The molecule has 0 spiro atoms. The molecule has 144 valence electrons. The minimum Gasteiger partial charge on any atom is -0.472 e. The highest BCUT2D eigenvalue weighted by Gasteiger charge is 2.25. The highest BCUT2D eigenvalue weighted by Crippen LogP contribution is 2.26. The summed E-state index contributed by atoms with van der Waals surface area (Å²) in [5, 5.41) is 3.26. The highest BCUT2D eigenvalue weighted by molar-refractivity contribution is 7.90. The Morgan fingerprint density at radius 3 is 2.41 bits per heavy atom. The number of carbonyl (C=O) groups is 2. The van der Waals surface area contributed by atoms with Gasteiger partial charge < -0.3 is 14.6 Å². The predicted molar refractivity (Wildman–Crippen MR) is 101 cm³/mol. The third kappa shape index (κ3) is 4.39. The molecule has 2 heterocycles. The summed E-state index contributed by atoms with van der Waals surface area (Å²) >= 11 is 0. The van der Waals surface area contributed by atoms with Crippen molar-refractivity contribution in [1.29, 1.82) is 0 Å². The summed E-state index contributed by atoms with van der Waals surface area (Å²) in [6, 6.07) is 6.23. The highest BCUT2D eigenvalue weighted by atomic mass is 32.2. The number of hydrogen-bond acceptors (Lipinski definition) is 6. The van der Waals surface area contributed by atoms with Crippen LogP contribution in [0.3, 0.4) is 0 Å². The molecule has 1 aromatic carbocycles. The van der Waals surface area contributed by atoms with Crippen molar-refractivity contribution in [3.8, 4) is 0 Å². The maximum atomic E-state index is 12.4. The summed E-state index contributed by atoms with van der Waals surface area (Å²) in [5.74, 6) is -0.198. The van der Waals surface area contributed by atoms with Crippen molar-refractivity contribution in [2.24, 2.45) is 0 Å². The Morgan fingerprint density at radius 1 is 1.15 bits per heavy atom. The Labute approximate surface area is 158 Å². The van der Waals surface area contributed by atoms with Gasteiger partial charge in [-0.3, -0.25) is 9.59 Å². The van der Waals surface area contributed by atoms with Crippen LogP contribution in [-0.4, -0.2) is 50.4 Å².